The van der Waals surface area contributed by atoms with Gasteiger partial charge in [-0.05, 0) is 61.4 Å². The minimum Gasteiger partial charge on any atom is -0.497 e. The summed E-state index contributed by atoms with van der Waals surface area (Å²) in [5, 5.41) is 5.96. The molecule has 142 valence electrons. The predicted octanol–water partition coefficient (Wildman–Crippen LogP) is 4.40. The van der Waals surface area contributed by atoms with Gasteiger partial charge in [-0.1, -0.05) is 25.7 Å². The van der Waals surface area contributed by atoms with E-state index in [1.54, 1.807) is 55.6 Å². The summed E-state index contributed by atoms with van der Waals surface area (Å²) in [6.07, 6.45) is 6.96. The lowest BCUT2D eigenvalue weighted by atomic mass is 10.1. The van der Waals surface area contributed by atoms with Crippen molar-refractivity contribution in [2.75, 3.05) is 12.4 Å². The molecule has 0 unspecified atom stereocenters. The molecule has 0 saturated heterocycles. The normalized spacial score (nSPS) is 14.9. The average Bonchev–Trinajstić information content (AvgIpc) is 2.97. The number of benzene rings is 2. The summed E-state index contributed by atoms with van der Waals surface area (Å²) in [6.45, 7) is 0. The summed E-state index contributed by atoms with van der Waals surface area (Å²) in [5.41, 5.74) is 1.79. The molecule has 0 bridgehead atoms. The number of hydrogen-bond acceptors (Lipinski definition) is 3. The van der Waals surface area contributed by atoms with Crippen LogP contribution in [0.25, 0.3) is 0 Å². The van der Waals surface area contributed by atoms with Crippen LogP contribution in [0.5, 0.6) is 5.75 Å². The summed E-state index contributed by atoms with van der Waals surface area (Å²) >= 11 is 0. The van der Waals surface area contributed by atoms with E-state index >= 15 is 0 Å². The van der Waals surface area contributed by atoms with Gasteiger partial charge in [-0.2, -0.15) is 0 Å². The summed E-state index contributed by atoms with van der Waals surface area (Å²) in [5.74, 6) is 0.455. The zero-order valence-corrected chi connectivity index (χ0v) is 15.7. The Hall–Kier alpha value is -2.82. The summed E-state index contributed by atoms with van der Waals surface area (Å²) in [4.78, 5) is 24.8. The number of anilines is 1. The highest BCUT2D eigenvalue weighted by Crippen LogP contribution is 2.18. The Morgan fingerprint density at radius 2 is 1.37 bits per heavy atom. The van der Waals surface area contributed by atoms with Gasteiger partial charge in [0.2, 0.25) is 0 Å². The van der Waals surface area contributed by atoms with E-state index in [0.29, 0.717) is 16.8 Å². The quantitative estimate of drug-likeness (QED) is 0.771. The zero-order valence-electron chi connectivity index (χ0n) is 15.7. The second-order valence-electron chi connectivity index (χ2n) is 6.92. The monoisotopic (exact) mass is 366 g/mol. The summed E-state index contributed by atoms with van der Waals surface area (Å²) < 4.78 is 5.11. The molecule has 2 aromatic carbocycles. The maximum Gasteiger partial charge on any atom is 0.255 e. The first-order chi connectivity index (χ1) is 13.2. The highest BCUT2D eigenvalue weighted by atomic mass is 16.5. The lowest BCUT2D eigenvalue weighted by Gasteiger charge is -2.16. The molecule has 1 fully saturated rings. The topological polar surface area (TPSA) is 67.4 Å². The van der Waals surface area contributed by atoms with E-state index in [0.717, 1.165) is 18.6 Å². The van der Waals surface area contributed by atoms with E-state index in [9.17, 15) is 9.59 Å². The molecule has 27 heavy (non-hydrogen) atoms. The van der Waals surface area contributed by atoms with E-state index in [1.165, 1.54) is 25.7 Å². The van der Waals surface area contributed by atoms with Crippen LogP contribution in [0, 0.1) is 0 Å². The number of rotatable bonds is 5. The fourth-order valence-electron chi connectivity index (χ4n) is 3.34. The van der Waals surface area contributed by atoms with Gasteiger partial charge in [0.05, 0.1) is 7.11 Å². The van der Waals surface area contributed by atoms with Gasteiger partial charge in [-0.15, -0.1) is 0 Å². The van der Waals surface area contributed by atoms with Crippen LogP contribution in [0.2, 0.25) is 0 Å². The van der Waals surface area contributed by atoms with Crippen LogP contribution in [0.4, 0.5) is 5.69 Å². The third kappa shape index (κ3) is 5.33. The molecule has 2 aromatic rings. The van der Waals surface area contributed by atoms with Crippen LogP contribution in [0.15, 0.2) is 48.5 Å². The fraction of sp³-hybridized carbons (Fsp3) is 0.364. The lowest BCUT2D eigenvalue weighted by molar-refractivity contribution is 0.0932. The maximum atomic E-state index is 12.4. The lowest BCUT2D eigenvalue weighted by Crippen LogP contribution is -2.34. The number of methoxy groups -OCH3 is 1. The van der Waals surface area contributed by atoms with Crippen LogP contribution < -0.4 is 15.4 Å². The van der Waals surface area contributed by atoms with Gasteiger partial charge in [0, 0.05) is 22.9 Å². The van der Waals surface area contributed by atoms with Crippen molar-refractivity contribution in [2.45, 2.75) is 44.6 Å². The van der Waals surface area contributed by atoms with Crippen LogP contribution in [-0.4, -0.2) is 25.0 Å². The number of carbonyl (C=O) groups excluding carboxylic acids is 2. The molecule has 5 heteroatoms. The van der Waals surface area contributed by atoms with Crippen molar-refractivity contribution in [1.29, 1.82) is 0 Å². The Labute approximate surface area is 160 Å². The molecular weight excluding hydrogens is 340 g/mol. The van der Waals surface area contributed by atoms with Gasteiger partial charge in [0.1, 0.15) is 5.75 Å². The molecular formula is C22H26N2O3. The van der Waals surface area contributed by atoms with Crippen LogP contribution in [0.1, 0.15) is 59.2 Å². The van der Waals surface area contributed by atoms with Gasteiger partial charge in [-0.25, -0.2) is 0 Å². The molecule has 1 aliphatic carbocycles. The van der Waals surface area contributed by atoms with Gasteiger partial charge < -0.3 is 15.4 Å². The van der Waals surface area contributed by atoms with E-state index < -0.39 is 0 Å². The first-order valence-electron chi connectivity index (χ1n) is 9.52. The average molecular weight is 366 g/mol. The Balaban J connectivity index is 1.58. The molecule has 0 radical (unpaired) electrons. The van der Waals surface area contributed by atoms with E-state index in [1.807, 2.05) is 0 Å². The summed E-state index contributed by atoms with van der Waals surface area (Å²) in [7, 11) is 1.60. The molecule has 1 aliphatic rings. The van der Waals surface area contributed by atoms with Gasteiger partial charge in [0.15, 0.2) is 0 Å². The summed E-state index contributed by atoms with van der Waals surface area (Å²) in [6, 6.07) is 14.2. The van der Waals surface area contributed by atoms with Crippen LogP contribution in [-0.2, 0) is 0 Å². The molecule has 2 N–H and O–H groups in total. The van der Waals surface area contributed by atoms with Crippen molar-refractivity contribution in [3.63, 3.8) is 0 Å². The minimum absolute atomic E-state index is 0.0657. The Kier molecular flexibility index (Phi) is 6.47. The third-order valence-electron chi connectivity index (χ3n) is 4.95. The third-order valence-corrected chi connectivity index (χ3v) is 4.95. The van der Waals surface area contributed by atoms with Crippen LogP contribution >= 0.6 is 0 Å². The number of hydrogen-bond donors (Lipinski definition) is 2. The number of ether oxygens (including phenoxy) is 1. The molecule has 5 nitrogen and oxygen atoms in total. The molecule has 1 saturated carbocycles. The predicted molar refractivity (Wildman–Crippen MR) is 106 cm³/mol. The number of nitrogens with one attached hydrogen (secondary N) is 2. The maximum absolute atomic E-state index is 12.4. The fourth-order valence-corrected chi connectivity index (χ4v) is 3.34. The molecule has 0 aliphatic heterocycles. The van der Waals surface area contributed by atoms with Crippen molar-refractivity contribution in [1.82, 2.24) is 5.32 Å². The van der Waals surface area contributed by atoms with Crippen molar-refractivity contribution >= 4 is 17.5 Å². The molecule has 0 aromatic heterocycles. The molecule has 0 atom stereocenters. The second-order valence-corrected chi connectivity index (χ2v) is 6.92. The largest absolute Gasteiger partial charge is 0.497 e. The van der Waals surface area contributed by atoms with Gasteiger partial charge >= 0.3 is 0 Å². The standard InChI is InChI=1S/C22H26N2O3/c1-27-20-14-12-19(13-15-20)24-22(26)17-10-8-16(9-11-17)21(25)23-18-6-4-2-3-5-7-18/h8-15,18H,2-7H2,1H3,(H,23,25)(H,24,26). The number of amides is 2. The van der Waals surface area contributed by atoms with Crippen molar-refractivity contribution in [3.8, 4) is 5.75 Å². The minimum atomic E-state index is -0.212. The van der Waals surface area contributed by atoms with Gasteiger partial charge in [0.25, 0.3) is 11.8 Å². The molecule has 0 spiro atoms. The van der Waals surface area contributed by atoms with E-state index in [-0.39, 0.29) is 17.9 Å². The van der Waals surface area contributed by atoms with Gasteiger partial charge in [-0.3, -0.25) is 9.59 Å². The first-order valence-corrected chi connectivity index (χ1v) is 9.52. The Bertz CT molecular complexity index is 761. The second kappa shape index (κ2) is 9.21. The molecule has 0 heterocycles. The Morgan fingerprint density at radius 3 is 1.93 bits per heavy atom. The van der Waals surface area contributed by atoms with Crippen molar-refractivity contribution in [3.05, 3.63) is 59.7 Å². The van der Waals surface area contributed by atoms with Crippen molar-refractivity contribution in [2.24, 2.45) is 0 Å². The highest BCUT2D eigenvalue weighted by molar-refractivity contribution is 6.05. The van der Waals surface area contributed by atoms with Crippen molar-refractivity contribution < 1.29 is 14.3 Å². The van der Waals surface area contributed by atoms with E-state index in [4.69, 9.17) is 4.74 Å². The molecule has 2 amide bonds. The Morgan fingerprint density at radius 1 is 0.815 bits per heavy atom. The van der Waals surface area contributed by atoms with Crippen LogP contribution in [0.3, 0.4) is 0 Å². The zero-order chi connectivity index (χ0) is 19.1. The SMILES string of the molecule is COc1ccc(NC(=O)c2ccc(C(=O)NC3CCCCCC3)cc2)cc1. The molecule has 3 rings (SSSR count). The highest BCUT2D eigenvalue weighted by Gasteiger charge is 2.16. The number of carbonyl (C=O) groups is 2. The van der Waals surface area contributed by atoms with E-state index in [2.05, 4.69) is 10.6 Å². The first kappa shape index (κ1) is 19.0. The smallest absolute Gasteiger partial charge is 0.255 e.